The molecule has 3 nitrogen and oxygen atoms in total. The largest absolute Gasteiger partial charge is 0.368 e. The molecule has 1 heterocycles. The van der Waals surface area contributed by atoms with Crippen LogP contribution in [0, 0.1) is 12.7 Å². The van der Waals surface area contributed by atoms with Gasteiger partial charge in [-0.3, -0.25) is 5.10 Å². The molecule has 1 aromatic heterocycles. The van der Waals surface area contributed by atoms with E-state index in [4.69, 9.17) is 0 Å². The molecular weight excluding hydrogens is 217 g/mol. The second kappa shape index (κ2) is 4.99. The van der Waals surface area contributed by atoms with Gasteiger partial charge in [-0.15, -0.1) is 0 Å². The highest BCUT2D eigenvalue weighted by atomic mass is 19.1. The molecule has 0 spiro atoms. The summed E-state index contributed by atoms with van der Waals surface area (Å²) in [6.45, 7) is 4.94. The van der Waals surface area contributed by atoms with Gasteiger partial charge in [0.1, 0.15) is 5.82 Å². The van der Waals surface area contributed by atoms with Gasteiger partial charge >= 0.3 is 0 Å². The summed E-state index contributed by atoms with van der Waals surface area (Å²) in [4.78, 5) is 0. The third-order valence-electron chi connectivity index (χ3n) is 2.62. The summed E-state index contributed by atoms with van der Waals surface area (Å²) >= 11 is 0. The van der Waals surface area contributed by atoms with Gasteiger partial charge in [-0.05, 0) is 31.0 Å². The Bertz CT molecular complexity index is 488. The third kappa shape index (κ3) is 2.46. The minimum absolute atomic E-state index is 0.224. The molecule has 0 aliphatic rings. The van der Waals surface area contributed by atoms with Crippen molar-refractivity contribution < 1.29 is 4.39 Å². The Labute approximate surface area is 100 Å². The smallest absolute Gasteiger partial charge is 0.155 e. The van der Waals surface area contributed by atoms with Crippen molar-refractivity contribution in [1.29, 1.82) is 0 Å². The number of hydrogen-bond acceptors (Lipinski definition) is 2. The zero-order valence-electron chi connectivity index (χ0n) is 10.0. The number of aromatic nitrogens is 2. The number of nitrogens with one attached hydrogen (secondary N) is 2. The molecule has 1 aromatic carbocycles. The van der Waals surface area contributed by atoms with Gasteiger partial charge in [0.05, 0.1) is 0 Å². The molecular formula is C13H16FN3. The molecule has 0 amide bonds. The van der Waals surface area contributed by atoms with Crippen LogP contribution in [0.4, 0.5) is 10.2 Å². The molecule has 2 rings (SSSR count). The van der Waals surface area contributed by atoms with Crippen LogP contribution in [0.1, 0.15) is 19.0 Å². The number of anilines is 1. The SMILES string of the molecule is CCCNc1n[nH]c(C)c1-c1ccc(F)cc1. The molecule has 4 heteroatoms. The van der Waals surface area contributed by atoms with E-state index in [1.165, 1.54) is 12.1 Å². The summed E-state index contributed by atoms with van der Waals surface area (Å²) in [6, 6.07) is 6.46. The Morgan fingerprint density at radius 2 is 2.00 bits per heavy atom. The predicted molar refractivity (Wildman–Crippen MR) is 67.5 cm³/mol. The van der Waals surface area contributed by atoms with Gasteiger partial charge in [0.25, 0.3) is 0 Å². The highest BCUT2D eigenvalue weighted by Gasteiger charge is 2.11. The van der Waals surface area contributed by atoms with Gasteiger partial charge in [-0.1, -0.05) is 19.1 Å². The van der Waals surface area contributed by atoms with Crippen LogP contribution in [0.25, 0.3) is 11.1 Å². The number of benzene rings is 1. The molecule has 0 unspecified atom stereocenters. The fourth-order valence-corrected chi connectivity index (χ4v) is 1.77. The molecule has 17 heavy (non-hydrogen) atoms. The lowest BCUT2D eigenvalue weighted by molar-refractivity contribution is 0.628. The Kier molecular flexibility index (Phi) is 3.42. The Morgan fingerprint density at radius 3 is 2.65 bits per heavy atom. The van der Waals surface area contributed by atoms with Gasteiger partial charge in [0.15, 0.2) is 5.82 Å². The molecule has 0 atom stereocenters. The molecule has 0 saturated carbocycles. The van der Waals surface area contributed by atoms with E-state index in [-0.39, 0.29) is 5.82 Å². The number of halogens is 1. The molecule has 0 saturated heterocycles. The van der Waals surface area contributed by atoms with Crippen molar-refractivity contribution in [2.24, 2.45) is 0 Å². The zero-order valence-corrected chi connectivity index (χ0v) is 10.0. The lowest BCUT2D eigenvalue weighted by Crippen LogP contribution is -2.01. The Balaban J connectivity index is 2.36. The molecule has 0 aliphatic carbocycles. The Morgan fingerprint density at radius 1 is 1.29 bits per heavy atom. The first-order chi connectivity index (χ1) is 8.22. The second-order valence-corrected chi connectivity index (χ2v) is 4.01. The third-order valence-corrected chi connectivity index (χ3v) is 2.62. The maximum absolute atomic E-state index is 12.9. The lowest BCUT2D eigenvalue weighted by Gasteiger charge is -2.05. The first-order valence-electron chi connectivity index (χ1n) is 5.77. The highest BCUT2D eigenvalue weighted by Crippen LogP contribution is 2.29. The number of rotatable bonds is 4. The minimum atomic E-state index is -0.224. The van der Waals surface area contributed by atoms with Gasteiger partial charge in [-0.25, -0.2) is 4.39 Å². The lowest BCUT2D eigenvalue weighted by atomic mass is 10.1. The van der Waals surface area contributed by atoms with Crippen LogP contribution in [0.5, 0.6) is 0 Å². The summed E-state index contributed by atoms with van der Waals surface area (Å²) in [7, 11) is 0. The molecule has 2 aromatic rings. The van der Waals surface area contributed by atoms with E-state index in [2.05, 4.69) is 22.4 Å². The van der Waals surface area contributed by atoms with Crippen LogP contribution in [0.3, 0.4) is 0 Å². The van der Waals surface area contributed by atoms with Gasteiger partial charge in [-0.2, -0.15) is 5.10 Å². The monoisotopic (exact) mass is 233 g/mol. The van der Waals surface area contributed by atoms with Gasteiger partial charge in [0.2, 0.25) is 0 Å². The molecule has 90 valence electrons. The summed E-state index contributed by atoms with van der Waals surface area (Å²) in [6.07, 6.45) is 1.04. The maximum atomic E-state index is 12.9. The molecule has 0 fully saturated rings. The van der Waals surface area contributed by atoms with E-state index in [9.17, 15) is 4.39 Å². The van der Waals surface area contributed by atoms with E-state index < -0.39 is 0 Å². The van der Waals surface area contributed by atoms with Gasteiger partial charge < -0.3 is 5.32 Å². The van der Waals surface area contributed by atoms with Crippen LogP contribution in [0.15, 0.2) is 24.3 Å². The molecule has 0 bridgehead atoms. The van der Waals surface area contributed by atoms with E-state index in [1.807, 2.05) is 6.92 Å². The molecule has 2 N–H and O–H groups in total. The quantitative estimate of drug-likeness (QED) is 0.850. The van der Waals surface area contributed by atoms with Crippen molar-refractivity contribution in [2.75, 3.05) is 11.9 Å². The second-order valence-electron chi connectivity index (χ2n) is 4.01. The first kappa shape index (κ1) is 11.6. The average molecular weight is 233 g/mol. The summed E-state index contributed by atoms with van der Waals surface area (Å²) in [5, 5.41) is 10.4. The van der Waals surface area contributed by atoms with Crippen LogP contribution in [-0.2, 0) is 0 Å². The standard InChI is InChI=1S/C13H16FN3/c1-3-8-15-13-12(9(2)16-17-13)10-4-6-11(14)7-5-10/h4-7H,3,8H2,1-2H3,(H2,15,16,17). The van der Waals surface area contributed by atoms with Crippen molar-refractivity contribution in [3.05, 3.63) is 35.8 Å². The van der Waals surface area contributed by atoms with Crippen molar-refractivity contribution in [3.8, 4) is 11.1 Å². The highest BCUT2D eigenvalue weighted by molar-refractivity contribution is 5.77. The summed E-state index contributed by atoms with van der Waals surface area (Å²) < 4.78 is 12.9. The number of aromatic amines is 1. The van der Waals surface area contributed by atoms with Crippen molar-refractivity contribution in [3.63, 3.8) is 0 Å². The van der Waals surface area contributed by atoms with E-state index in [0.29, 0.717) is 0 Å². The first-order valence-corrected chi connectivity index (χ1v) is 5.77. The summed E-state index contributed by atoms with van der Waals surface area (Å²) in [5.41, 5.74) is 2.96. The zero-order chi connectivity index (χ0) is 12.3. The van der Waals surface area contributed by atoms with E-state index >= 15 is 0 Å². The minimum Gasteiger partial charge on any atom is -0.368 e. The fourth-order valence-electron chi connectivity index (χ4n) is 1.77. The van der Waals surface area contributed by atoms with Gasteiger partial charge in [0, 0.05) is 17.8 Å². The van der Waals surface area contributed by atoms with Crippen LogP contribution < -0.4 is 5.32 Å². The number of H-pyrrole nitrogens is 1. The van der Waals surface area contributed by atoms with Crippen LogP contribution in [0.2, 0.25) is 0 Å². The molecule has 0 radical (unpaired) electrons. The molecule has 0 aliphatic heterocycles. The van der Waals surface area contributed by atoms with Crippen LogP contribution >= 0.6 is 0 Å². The number of nitrogens with zero attached hydrogens (tertiary/aromatic N) is 1. The topological polar surface area (TPSA) is 40.7 Å². The van der Waals surface area contributed by atoms with Crippen molar-refractivity contribution >= 4 is 5.82 Å². The van der Waals surface area contributed by atoms with Crippen molar-refractivity contribution in [2.45, 2.75) is 20.3 Å². The predicted octanol–water partition coefficient (Wildman–Crippen LogP) is 3.35. The Hall–Kier alpha value is -1.84. The van der Waals surface area contributed by atoms with E-state index in [0.717, 1.165) is 35.6 Å². The number of aryl methyl sites for hydroxylation is 1. The fraction of sp³-hybridized carbons (Fsp3) is 0.308. The normalized spacial score (nSPS) is 10.5. The number of hydrogen-bond donors (Lipinski definition) is 2. The average Bonchev–Trinajstić information content (AvgIpc) is 2.69. The van der Waals surface area contributed by atoms with E-state index in [1.54, 1.807) is 12.1 Å². The van der Waals surface area contributed by atoms with Crippen LogP contribution in [-0.4, -0.2) is 16.7 Å². The van der Waals surface area contributed by atoms with Crippen molar-refractivity contribution in [1.82, 2.24) is 10.2 Å². The summed E-state index contributed by atoms with van der Waals surface area (Å²) in [5.74, 6) is 0.605. The maximum Gasteiger partial charge on any atom is 0.155 e.